The van der Waals surface area contributed by atoms with Crippen molar-refractivity contribution in [1.82, 2.24) is 10.2 Å². The molecule has 6 heteroatoms. The molecule has 4 amide bonds. The molecule has 1 atom stereocenters. The van der Waals surface area contributed by atoms with Crippen molar-refractivity contribution in [1.29, 1.82) is 0 Å². The van der Waals surface area contributed by atoms with Crippen molar-refractivity contribution in [3.8, 4) is 5.75 Å². The molecular weight excluding hydrogens is 332 g/mol. The predicted molar refractivity (Wildman–Crippen MR) is 97.4 cm³/mol. The second-order valence-electron chi connectivity index (χ2n) is 6.84. The Balaban J connectivity index is 1.80. The number of ether oxygens (including phenoxy) is 1. The first-order valence-corrected chi connectivity index (χ1v) is 9.17. The number of nitrogens with zero attached hydrogens (tertiary/aromatic N) is 1. The molecule has 2 fully saturated rings. The Kier molecular flexibility index (Phi) is 5.40. The summed E-state index contributed by atoms with van der Waals surface area (Å²) >= 11 is 0. The lowest BCUT2D eigenvalue weighted by Gasteiger charge is -2.31. The van der Waals surface area contributed by atoms with E-state index >= 15 is 0 Å². The van der Waals surface area contributed by atoms with E-state index in [4.69, 9.17) is 4.74 Å². The minimum absolute atomic E-state index is 0.00732. The number of urea groups is 1. The van der Waals surface area contributed by atoms with Crippen LogP contribution in [0, 0.1) is 0 Å². The van der Waals surface area contributed by atoms with Crippen LogP contribution in [0.1, 0.15) is 51.5 Å². The quantitative estimate of drug-likeness (QED) is 0.649. The van der Waals surface area contributed by atoms with Gasteiger partial charge >= 0.3 is 6.03 Å². The van der Waals surface area contributed by atoms with Gasteiger partial charge in [-0.15, -0.1) is 0 Å². The highest BCUT2D eigenvalue weighted by Gasteiger charge is 2.40. The van der Waals surface area contributed by atoms with Gasteiger partial charge in [0.1, 0.15) is 11.3 Å². The Labute approximate surface area is 153 Å². The van der Waals surface area contributed by atoms with Gasteiger partial charge in [-0.05, 0) is 50.0 Å². The molecule has 1 N–H and O–H groups in total. The number of barbiturate groups is 1. The minimum atomic E-state index is -0.644. The number of imide groups is 2. The van der Waals surface area contributed by atoms with Crippen molar-refractivity contribution in [3.63, 3.8) is 0 Å². The number of hydrogen-bond acceptors (Lipinski definition) is 4. The maximum absolute atomic E-state index is 12.7. The zero-order valence-corrected chi connectivity index (χ0v) is 15.2. The molecule has 0 bridgehead atoms. The Morgan fingerprint density at radius 2 is 1.85 bits per heavy atom. The van der Waals surface area contributed by atoms with Crippen LogP contribution >= 0.6 is 0 Å². The number of hydrogen-bond donors (Lipinski definition) is 1. The van der Waals surface area contributed by atoms with Crippen molar-refractivity contribution in [2.24, 2.45) is 0 Å². The second kappa shape index (κ2) is 7.72. The van der Waals surface area contributed by atoms with Gasteiger partial charge in [0, 0.05) is 6.04 Å². The molecular formula is C20H24N2O4. The fourth-order valence-corrected chi connectivity index (χ4v) is 3.29. The van der Waals surface area contributed by atoms with Crippen LogP contribution in [0.4, 0.5) is 4.79 Å². The van der Waals surface area contributed by atoms with Gasteiger partial charge < -0.3 is 4.74 Å². The molecule has 3 rings (SSSR count). The normalized spacial score (nSPS) is 21.2. The summed E-state index contributed by atoms with van der Waals surface area (Å²) in [5, 5.41) is 2.29. The average molecular weight is 356 g/mol. The summed E-state index contributed by atoms with van der Waals surface area (Å²) in [6, 6.07) is 6.47. The molecule has 138 valence electrons. The summed E-state index contributed by atoms with van der Waals surface area (Å²) < 4.78 is 5.73. The van der Waals surface area contributed by atoms with Gasteiger partial charge in [-0.2, -0.15) is 0 Å². The van der Waals surface area contributed by atoms with E-state index in [1.54, 1.807) is 12.1 Å². The van der Waals surface area contributed by atoms with Gasteiger partial charge in [0.2, 0.25) is 0 Å². The average Bonchev–Trinajstić information content (AvgIpc) is 3.14. The summed E-state index contributed by atoms with van der Waals surface area (Å²) in [6.07, 6.45) is 6.13. The topological polar surface area (TPSA) is 75.7 Å². The van der Waals surface area contributed by atoms with E-state index in [1.165, 1.54) is 11.0 Å². The Hall–Kier alpha value is -2.63. The van der Waals surface area contributed by atoms with Crippen LogP contribution in [-0.2, 0) is 9.59 Å². The van der Waals surface area contributed by atoms with E-state index in [1.807, 2.05) is 26.0 Å². The van der Waals surface area contributed by atoms with E-state index in [2.05, 4.69) is 5.32 Å². The summed E-state index contributed by atoms with van der Waals surface area (Å²) in [7, 11) is 0. The lowest BCUT2D eigenvalue weighted by molar-refractivity contribution is -0.131. The molecule has 1 aliphatic heterocycles. The van der Waals surface area contributed by atoms with Crippen LogP contribution in [0.5, 0.6) is 5.75 Å². The second-order valence-corrected chi connectivity index (χ2v) is 6.84. The molecule has 26 heavy (non-hydrogen) atoms. The van der Waals surface area contributed by atoms with Gasteiger partial charge in [-0.3, -0.25) is 19.8 Å². The van der Waals surface area contributed by atoms with Gasteiger partial charge in [-0.25, -0.2) is 4.79 Å². The maximum atomic E-state index is 12.7. The first-order chi connectivity index (χ1) is 12.5. The number of carbonyl (C=O) groups excluding carboxylic acids is 3. The number of carbonyl (C=O) groups is 3. The number of rotatable bonds is 5. The molecule has 2 aliphatic rings. The lowest BCUT2D eigenvalue weighted by atomic mass is 10.1. The zero-order chi connectivity index (χ0) is 18.7. The van der Waals surface area contributed by atoms with Gasteiger partial charge in [0.25, 0.3) is 11.8 Å². The number of amides is 4. The van der Waals surface area contributed by atoms with E-state index in [0.29, 0.717) is 5.56 Å². The highest BCUT2D eigenvalue weighted by atomic mass is 16.5. The number of nitrogens with one attached hydrogen (secondary N) is 1. The van der Waals surface area contributed by atoms with Crippen LogP contribution in [-0.4, -0.2) is 34.9 Å². The third kappa shape index (κ3) is 3.79. The maximum Gasteiger partial charge on any atom is 0.331 e. The first kappa shape index (κ1) is 18.2. The molecule has 1 heterocycles. The van der Waals surface area contributed by atoms with Gasteiger partial charge in [0.15, 0.2) is 0 Å². The van der Waals surface area contributed by atoms with Crippen LogP contribution in [0.25, 0.3) is 6.08 Å². The van der Waals surface area contributed by atoms with Crippen molar-refractivity contribution in [2.75, 3.05) is 0 Å². The van der Waals surface area contributed by atoms with Crippen LogP contribution < -0.4 is 10.1 Å². The van der Waals surface area contributed by atoms with Gasteiger partial charge in [0.05, 0.1) is 6.10 Å². The minimum Gasteiger partial charge on any atom is -0.491 e. The molecule has 6 nitrogen and oxygen atoms in total. The van der Waals surface area contributed by atoms with E-state index in [0.717, 1.165) is 37.9 Å². The Morgan fingerprint density at radius 1 is 1.19 bits per heavy atom. The molecule has 0 aromatic heterocycles. The van der Waals surface area contributed by atoms with Crippen molar-refractivity contribution < 1.29 is 19.1 Å². The van der Waals surface area contributed by atoms with Crippen molar-refractivity contribution in [2.45, 2.75) is 58.1 Å². The SMILES string of the molecule is CC[C@@H](C)Oc1ccc(/C=C2\C(=O)NC(=O)N(C3CCCC3)C2=O)cc1. The summed E-state index contributed by atoms with van der Waals surface area (Å²) in [5.41, 5.74) is 0.702. The van der Waals surface area contributed by atoms with Crippen LogP contribution in [0.3, 0.4) is 0 Å². The number of benzene rings is 1. The lowest BCUT2D eigenvalue weighted by Crippen LogP contribution is -2.57. The third-order valence-electron chi connectivity index (χ3n) is 4.93. The predicted octanol–water partition coefficient (Wildman–Crippen LogP) is 3.27. The van der Waals surface area contributed by atoms with Gasteiger partial charge in [-0.1, -0.05) is 31.9 Å². The molecule has 1 saturated carbocycles. The molecule has 1 aromatic carbocycles. The smallest absolute Gasteiger partial charge is 0.331 e. The molecule has 0 spiro atoms. The van der Waals surface area contributed by atoms with Crippen LogP contribution in [0.2, 0.25) is 0 Å². The summed E-state index contributed by atoms with van der Waals surface area (Å²) in [5.74, 6) is -0.413. The Bertz CT molecular complexity index is 733. The molecule has 1 aromatic rings. The molecule has 1 saturated heterocycles. The summed E-state index contributed by atoms with van der Waals surface area (Å²) in [6.45, 7) is 4.05. The largest absolute Gasteiger partial charge is 0.491 e. The molecule has 1 aliphatic carbocycles. The zero-order valence-electron chi connectivity index (χ0n) is 15.2. The third-order valence-corrected chi connectivity index (χ3v) is 4.93. The standard InChI is InChI=1S/C20H24N2O4/c1-3-13(2)26-16-10-8-14(9-11-16)12-17-18(23)21-20(25)22(19(17)24)15-6-4-5-7-15/h8-13,15H,3-7H2,1-2H3,(H,21,23,25)/b17-12+/t13-/m1/s1. The fourth-order valence-electron chi connectivity index (χ4n) is 3.29. The highest BCUT2D eigenvalue weighted by molar-refractivity contribution is 6.31. The first-order valence-electron chi connectivity index (χ1n) is 9.17. The monoisotopic (exact) mass is 356 g/mol. The van der Waals surface area contributed by atoms with Crippen LogP contribution in [0.15, 0.2) is 29.8 Å². The fraction of sp³-hybridized carbons (Fsp3) is 0.450. The van der Waals surface area contributed by atoms with Crippen molar-refractivity contribution >= 4 is 23.9 Å². The highest BCUT2D eigenvalue weighted by Crippen LogP contribution is 2.27. The Morgan fingerprint density at radius 3 is 2.46 bits per heavy atom. The van der Waals surface area contributed by atoms with E-state index < -0.39 is 17.8 Å². The molecule has 0 unspecified atom stereocenters. The van der Waals surface area contributed by atoms with E-state index in [9.17, 15) is 14.4 Å². The van der Waals surface area contributed by atoms with E-state index in [-0.39, 0.29) is 17.7 Å². The van der Waals surface area contributed by atoms with Crippen molar-refractivity contribution in [3.05, 3.63) is 35.4 Å². The molecule has 0 radical (unpaired) electrons. The summed E-state index contributed by atoms with van der Waals surface area (Å²) in [4.78, 5) is 38.2.